The number of hydrogen-bond acceptors (Lipinski definition) is 4. The van der Waals surface area contributed by atoms with Gasteiger partial charge in [0.1, 0.15) is 0 Å². The van der Waals surface area contributed by atoms with Crippen LogP contribution in [-0.2, 0) is 4.74 Å². The molecule has 1 amide bonds. The summed E-state index contributed by atoms with van der Waals surface area (Å²) in [6.45, 7) is 3.56. The molecule has 1 aliphatic rings. The highest BCUT2D eigenvalue weighted by Crippen LogP contribution is 2.10. The average molecular weight is 263 g/mol. The first kappa shape index (κ1) is 13.8. The van der Waals surface area contributed by atoms with Gasteiger partial charge in [-0.05, 0) is 50.2 Å². The highest BCUT2D eigenvalue weighted by atomic mass is 16.5. The zero-order valence-corrected chi connectivity index (χ0v) is 11.0. The van der Waals surface area contributed by atoms with Crippen LogP contribution in [0.15, 0.2) is 24.3 Å². The average Bonchev–Trinajstić information content (AvgIpc) is 2.45. The van der Waals surface area contributed by atoms with E-state index in [1.807, 2.05) is 12.1 Å². The molecule has 1 aromatic rings. The second kappa shape index (κ2) is 7.11. The van der Waals surface area contributed by atoms with Gasteiger partial charge in [0.05, 0.1) is 12.7 Å². The molecule has 1 saturated heterocycles. The van der Waals surface area contributed by atoms with E-state index in [4.69, 9.17) is 10.5 Å². The highest BCUT2D eigenvalue weighted by molar-refractivity contribution is 5.93. The Balaban J connectivity index is 1.66. The van der Waals surface area contributed by atoms with Crippen molar-refractivity contribution >= 4 is 11.6 Å². The van der Waals surface area contributed by atoms with Crippen molar-refractivity contribution < 1.29 is 9.53 Å². The lowest BCUT2D eigenvalue weighted by molar-refractivity contribution is 0.0394. The highest BCUT2D eigenvalue weighted by Gasteiger charge is 2.12. The first-order valence-corrected chi connectivity index (χ1v) is 6.72. The minimum atomic E-state index is -0.402. The zero-order chi connectivity index (χ0) is 13.5. The van der Waals surface area contributed by atoms with Gasteiger partial charge in [0.25, 0.3) is 0 Å². The van der Waals surface area contributed by atoms with Gasteiger partial charge in [0.15, 0.2) is 0 Å². The Labute approximate surface area is 113 Å². The lowest BCUT2D eigenvalue weighted by atomic mass is 10.1. The number of piperidine rings is 1. The fourth-order valence-electron chi connectivity index (χ4n) is 2.14. The number of anilines is 1. The van der Waals surface area contributed by atoms with Crippen molar-refractivity contribution in [2.45, 2.75) is 18.9 Å². The van der Waals surface area contributed by atoms with E-state index in [-0.39, 0.29) is 0 Å². The number of nitrogens with one attached hydrogen (secondary N) is 2. The molecule has 104 valence electrons. The number of benzene rings is 1. The lowest BCUT2D eigenvalue weighted by Crippen LogP contribution is -2.33. The Kier molecular flexibility index (Phi) is 5.18. The smallest absolute Gasteiger partial charge is 0.248 e. The maximum atomic E-state index is 10.9. The van der Waals surface area contributed by atoms with Gasteiger partial charge in [-0.15, -0.1) is 0 Å². The topological polar surface area (TPSA) is 76.4 Å². The molecule has 1 aromatic carbocycles. The molecule has 0 saturated carbocycles. The largest absolute Gasteiger partial charge is 0.383 e. The normalized spacial score (nSPS) is 16.2. The van der Waals surface area contributed by atoms with E-state index < -0.39 is 5.91 Å². The summed E-state index contributed by atoms with van der Waals surface area (Å²) in [5.41, 5.74) is 6.68. The van der Waals surface area contributed by atoms with Crippen LogP contribution in [0.2, 0.25) is 0 Å². The van der Waals surface area contributed by atoms with Crippen molar-refractivity contribution in [1.82, 2.24) is 5.32 Å². The Morgan fingerprint density at radius 1 is 1.32 bits per heavy atom. The zero-order valence-electron chi connectivity index (χ0n) is 11.0. The standard InChI is InChI=1S/C14H21N3O2/c15-14(18)11-1-3-12(4-2-11)17-9-10-19-13-5-7-16-8-6-13/h1-4,13,16-17H,5-10H2,(H2,15,18). The number of carbonyl (C=O) groups excluding carboxylic acids is 1. The fourth-order valence-corrected chi connectivity index (χ4v) is 2.14. The minimum absolute atomic E-state index is 0.389. The van der Waals surface area contributed by atoms with Gasteiger partial charge in [-0.25, -0.2) is 0 Å². The molecule has 0 bridgehead atoms. The molecule has 5 heteroatoms. The number of hydrogen-bond donors (Lipinski definition) is 3. The van der Waals surface area contributed by atoms with Crippen LogP contribution in [-0.4, -0.2) is 38.3 Å². The Hall–Kier alpha value is -1.59. The molecule has 19 heavy (non-hydrogen) atoms. The maximum absolute atomic E-state index is 10.9. The summed E-state index contributed by atoms with van der Waals surface area (Å²) >= 11 is 0. The van der Waals surface area contributed by atoms with Crippen LogP contribution < -0.4 is 16.4 Å². The molecule has 4 N–H and O–H groups in total. The molecule has 5 nitrogen and oxygen atoms in total. The summed E-state index contributed by atoms with van der Waals surface area (Å²) in [5.74, 6) is -0.402. The van der Waals surface area contributed by atoms with E-state index >= 15 is 0 Å². The number of primary amides is 1. The number of ether oxygens (including phenoxy) is 1. The third-order valence-electron chi connectivity index (χ3n) is 3.24. The Morgan fingerprint density at radius 2 is 2.00 bits per heavy atom. The van der Waals surface area contributed by atoms with E-state index in [9.17, 15) is 4.79 Å². The molecule has 0 aliphatic carbocycles. The number of rotatable bonds is 6. The summed E-state index contributed by atoms with van der Waals surface area (Å²) in [6, 6.07) is 7.14. The molecule has 0 spiro atoms. The van der Waals surface area contributed by atoms with Gasteiger partial charge in [-0.1, -0.05) is 0 Å². The van der Waals surface area contributed by atoms with Crippen molar-refractivity contribution in [2.75, 3.05) is 31.6 Å². The monoisotopic (exact) mass is 263 g/mol. The van der Waals surface area contributed by atoms with E-state index in [1.54, 1.807) is 12.1 Å². The summed E-state index contributed by atoms with van der Waals surface area (Å²) in [7, 11) is 0. The number of nitrogens with two attached hydrogens (primary N) is 1. The molecule has 2 rings (SSSR count). The Bertz CT molecular complexity index is 400. The second-order valence-corrected chi connectivity index (χ2v) is 4.69. The molecule has 1 fully saturated rings. The summed E-state index contributed by atoms with van der Waals surface area (Å²) in [5, 5.41) is 6.57. The van der Waals surface area contributed by atoms with Crippen LogP contribution in [0.25, 0.3) is 0 Å². The lowest BCUT2D eigenvalue weighted by Gasteiger charge is -2.23. The van der Waals surface area contributed by atoms with Crippen LogP contribution in [0.1, 0.15) is 23.2 Å². The van der Waals surface area contributed by atoms with E-state index in [1.165, 1.54) is 0 Å². The summed E-state index contributed by atoms with van der Waals surface area (Å²) < 4.78 is 5.79. The SMILES string of the molecule is NC(=O)c1ccc(NCCOC2CCNCC2)cc1. The van der Waals surface area contributed by atoms with Gasteiger partial charge < -0.3 is 21.1 Å². The van der Waals surface area contributed by atoms with Crippen LogP contribution >= 0.6 is 0 Å². The van der Waals surface area contributed by atoms with Crippen molar-refractivity contribution in [3.63, 3.8) is 0 Å². The van der Waals surface area contributed by atoms with Crippen molar-refractivity contribution in [3.05, 3.63) is 29.8 Å². The molecule has 1 aliphatic heterocycles. The van der Waals surface area contributed by atoms with Gasteiger partial charge in [-0.2, -0.15) is 0 Å². The number of carbonyl (C=O) groups is 1. The van der Waals surface area contributed by atoms with E-state index in [0.29, 0.717) is 18.3 Å². The first-order valence-electron chi connectivity index (χ1n) is 6.72. The van der Waals surface area contributed by atoms with E-state index in [0.717, 1.165) is 38.2 Å². The van der Waals surface area contributed by atoms with Crippen LogP contribution in [0.3, 0.4) is 0 Å². The minimum Gasteiger partial charge on any atom is -0.383 e. The third-order valence-corrected chi connectivity index (χ3v) is 3.24. The fraction of sp³-hybridized carbons (Fsp3) is 0.500. The predicted molar refractivity (Wildman–Crippen MR) is 75.3 cm³/mol. The summed E-state index contributed by atoms with van der Waals surface area (Å²) in [4.78, 5) is 10.9. The van der Waals surface area contributed by atoms with Crippen molar-refractivity contribution in [2.24, 2.45) is 5.73 Å². The summed E-state index contributed by atoms with van der Waals surface area (Å²) in [6.07, 6.45) is 2.57. The second-order valence-electron chi connectivity index (χ2n) is 4.69. The van der Waals surface area contributed by atoms with Gasteiger partial charge in [0, 0.05) is 17.8 Å². The predicted octanol–water partition coefficient (Wildman–Crippen LogP) is 0.966. The maximum Gasteiger partial charge on any atom is 0.248 e. The third kappa shape index (κ3) is 4.54. The van der Waals surface area contributed by atoms with Gasteiger partial charge in [0.2, 0.25) is 5.91 Å². The molecule has 1 heterocycles. The van der Waals surface area contributed by atoms with Crippen molar-refractivity contribution in [1.29, 1.82) is 0 Å². The number of amides is 1. The molecular formula is C14H21N3O2. The Morgan fingerprint density at radius 3 is 2.63 bits per heavy atom. The van der Waals surface area contributed by atoms with E-state index in [2.05, 4.69) is 10.6 Å². The molecule has 0 aromatic heterocycles. The van der Waals surface area contributed by atoms with Gasteiger partial charge >= 0.3 is 0 Å². The molecule has 0 atom stereocenters. The van der Waals surface area contributed by atoms with Gasteiger partial charge in [-0.3, -0.25) is 4.79 Å². The van der Waals surface area contributed by atoms with Crippen molar-refractivity contribution in [3.8, 4) is 0 Å². The molecule has 0 unspecified atom stereocenters. The van der Waals surface area contributed by atoms with Crippen LogP contribution in [0, 0.1) is 0 Å². The first-order chi connectivity index (χ1) is 9.25. The molecular weight excluding hydrogens is 242 g/mol. The van der Waals surface area contributed by atoms with Crippen LogP contribution in [0.5, 0.6) is 0 Å². The van der Waals surface area contributed by atoms with Crippen LogP contribution in [0.4, 0.5) is 5.69 Å². The quantitative estimate of drug-likeness (QED) is 0.668. The molecule has 0 radical (unpaired) electrons.